The van der Waals surface area contributed by atoms with Gasteiger partial charge in [-0.1, -0.05) is 0 Å². The molecule has 1 aromatic rings. The SMILES string of the molecule is Nc1cc(NCCOCC(F)F)ccc1[N+](=O)[O-]. The molecule has 0 radical (unpaired) electrons. The van der Waals surface area contributed by atoms with Gasteiger partial charge in [0.2, 0.25) is 0 Å². The van der Waals surface area contributed by atoms with E-state index in [0.717, 1.165) is 0 Å². The monoisotopic (exact) mass is 261 g/mol. The molecule has 6 nitrogen and oxygen atoms in total. The molecule has 3 N–H and O–H groups in total. The second kappa shape index (κ2) is 6.70. The zero-order valence-electron chi connectivity index (χ0n) is 9.44. The Bertz CT molecular complexity index is 415. The van der Waals surface area contributed by atoms with E-state index in [-0.39, 0.29) is 18.0 Å². The van der Waals surface area contributed by atoms with Crippen molar-refractivity contribution in [3.63, 3.8) is 0 Å². The quantitative estimate of drug-likeness (QED) is 0.338. The van der Waals surface area contributed by atoms with E-state index >= 15 is 0 Å². The van der Waals surface area contributed by atoms with Gasteiger partial charge in [0.05, 0.1) is 11.5 Å². The number of alkyl halides is 2. The molecule has 18 heavy (non-hydrogen) atoms. The number of ether oxygens (including phenoxy) is 1. The zero-order valence-corrected chi connectivity index (χ0v) is 9.44. The molecule has 0 amide bonds. The summed E-state index contributed by atoms with van der Waals surface area (Å²) >= 11 is 0. The summed E-state index contributed by atoms with van der Waals surface area (Å²) in [6.45, 7) is -0.185. The summed E-state index contributed by atoms with van der Waals surface area (Å²) in [7, 11) is 0. The number of nitrogen functional groups attached to an aromatic ring is 1. The molecule has 0 aliphatic rings. The zero-order chi connectivity index (χ0) is 13.5. The van der Waals surface area contributed by atoms with Gasteiger partial charge in [0.25, 0.3) is 12.1 Å². The van der Waals surface area contributed by atoms with Crippen LogP contribution in [0.1, 0.15) is 0 Å². The molecule has 0 heterocycles. The highest BCUT2D eigenvalue weighted by Gasteiger charge is 2.10. The summed E-state index contributed by atoms with van der Waals surface area (Å²) in [5, 5.41) is 13.4. The van der Waals surface area contributed by atoms with Crippen LogP contribution in [0.5, 0.6) is 0 Å². The first kappa shape index (κ1) is 14.1. The Kier molecular flexibility index (Phi) is 5.25. The van der Waals surface area contributed by atoms with Crippen LogP contribution < -0.4 is 11.1 Å². The summed E-state index contributed by atoms with van der Waals surface area (Å²) in [5.41, 5.74) is 5.92. The lowest BCUT2D eigenvalue weighted by atomic mass is 10.2. The van der Waals surface area contributed by atoms with Gasteiger partial charge in [0, 0.05) is 18.3 Å². The number of nitro groups is 1. The number of rotatable bonds is 7. The number of nitrogens with zero attached hydrogens (tertiary/aromatic N) is 1. The van der Waals surface area contributed by atoms with E-state index in [1.54, 1.807) is 0 Å². The fourth-order valence-corrected chi connectivity index (χ4v) is 1.27. The number of halogens is 2. The molecule has 0 bridgehead atoms. The van der Waals surface area contributed by atoms with Crippen LogP contribution in [0.3, 0.4) is 0 Å². The molecule has 0 aliphatic heterocycles. The minimum atomic E-state index is -2.49. The first-order chi connectivity index (χ1) is 8.50. The number of nitro benzene ring substituents is 1. The van der Waals surface area contributed by atoms with Crippen molar-refractivity contribution in [3.05, 3.63) is 28.3 Å². The Morgan fingerprint density at radius 1 is 1.50 bits per heavy atom. The second-order valence-corrected chi connectivity index (χ2v) is 3.42. The highest BCUT2D eigenvalue weighted by molar-refractivity contribution is 5.65. The molecule has 0 fully saturated rings. The maximum Gasteiger partial charge on any atom is 0.292 e. The van der Waals surface area contributed by atoms with Crippen molar-refractivity contribution in [1.82, 2.24) is 0 Å². The number of nitrogens with two attached hydrogens (primary N) is 1. The molecule has 0 saturated heterocycles. The van der Waals surface area contributed by atoms with Gasteiger partial charge in [-0.15, -0.1) is 0 Å². The number of benzene rings is 1. The highest BCUT2D eigenvalue weighted by Crippen LogP contribution is 2.24. The minimum Gasteiger partial charge on any atom is -0.393 e. The van der Waals surface area contributed by atoms with Crippen molar-refractivity contribution < 1.29 is 18.4 Å². The molecule has 1 rings (SSSR count). The molecule has 0 unspecified atom stereocenters. The van der Waals surface area contributed by atoms with Crippen LogP contribution >= 0.6 is 0 Å². The van der Waals surface area contributed by atoms with E-state index in [1.165, 1.54) is 18.2 Å². The van der Waals surface area contributed by atoms with Crippen molar-refractivity contribution in [3.8, 4) is 0 Å². The van der Waals surface area contributed by atoms with Crippen LogP contribution in [0.2, 0.25) is 0 Å². The molecule has 0 spiro atoms. The fraction of sp³-hybridized carbons (Fsp3) is 0.400. The third-order valence-corrected chi connectivity index (χ3v) is 2.04. The van der Waals surface area contributed by atoms with Crippen molar-refractivity contribution in [2.75, 3.05) is 30.8 Å². The van der Waals surface area contributed by atoms with Gasteiger partial charge in [-0.2, -0.15) is 0 Å². The summed E-state index contributed by atoms with van der Waals surface area (Å²) in [4.78, 5) is 9.93. The van der Waals surface area contributed by atoms with Crippen molar-refractivity contribution in [2.24, 2.45) is 0 Å². The first-order valence-corrected chi connectivity index (χ1v) is 5.14. The molecular formula is C10H13F2N3O3. The lowest BCUT2D eigenvalue weighted by Gasteiger charge is -2.07. The number of hydrogen-bond donors (Lipinski definition) is 2. The first-order valence-electron chi connectivity index (χ1n) is 5.14. The third-order valence-electron chi connectivity index (χ3n) is 2.04. The van der Waals surface area contributed by atoms with E-state index in [9.17, 15) is 18.9 Å². The summed E-state index contributed by atoms with van der Waals surface area (Å²) in [6, 6.07) is 4.17. The van der Waals surface area contributed by atoms with E-state index in [4.69, 9.17) is 5.73 Å². The van der Waals surface area contributed by atoms with Crippen LogP contribution in [0.4, 0.5) is 25.8 Å². The lowest BCUT2D eigenvalue weighted by molar-refractivity contribution is -0.383. The fourth-order valence-electron chi connectivity index (χ4n) is 1.27. The normalized spacial score (nSPS) is 10.6. The number of nitrogens with one attached hydrogen (secondary N) is 1. The average molecular weight is 261 g/mol. The number of anilines is 2. The van der Waals surface area contributed by atoms with Crippen LogP contribution in [0.25, 0.3) is 0 Å². The van der Waals surface area contributed by atoms with Gasteiger partial charge >= 0.3 is 0 Å². The molecule has 0 aliphatic carbocycles. The number of hydrogen-bond acceptors (Lipinski definition) is 5. The molecule has 0 saturated carbocycles. The van der Waals surface area contributed by atoms with E-state index < -0.39 is 18.0 Å². The van der Waals surface area contributed by atoms with Gasteiger partial charge < -0.3 is 15.8 Å². The van der Waals surface area contributed by atoms with Gasteiger partial charge in [0.1, 0.15) is 12.3 Å². The maximum atomic E-state index is 11.7. The minimum absolute atomic E-state index is 0.0403. The van der Waals surface area contributed by atoms with Gasteiger partial charge in [-0.25, -0.2) is 8.78 Å². The molecule has 0 atom stereocenters. The third kappa shape index (κ3) is 4.50. The summed E-state index contributed by atoms with van der Waals surface area (Å²) in [5.74, 6) is 0. The Morgan fingerprint density at radius 2 is 2.22 bits per heavy atom. The van der Waals surface area contributed by atoms with E-state index in [0.29, 0.717) is 12.2 Å². The van der Waals surface area contributed by atoms with Gasteiger partial charge in [0.15, 0.2) is 0 Å². The predicted octanol–water partition coefficient (Wildman–Crippen LogP) is 1.87. The van der Waals surface area contributed by atoms with Crippen molar-refractivity contribution >= 4 is 17.1 Å². The van der Waals surface area contributed by atoms with E-state index in [2.05, 4.69) is 10.1 Å². The predicted molar refractivity (Wildman–Crippen MR) is 62.8 cm³/mol. The second-order valence-electron chi connectivity index (χ2n) is 3.42. The lowest BCUT2D eigenvalue weighted by Crippen LogP contribution is -2.13. The summed E-state index contributed by atoms with van der Waals surface area (Å²) < 4.78 is 28.1. The molecule has 1 aromatic carbocycles. The molecule has 0 aromatic heterocycles. The Morgan fingerprint density at radius 3 is 2.78 bits per heavy atom. The van der Waals surface area contributed by atoms with Gasteiger partial charge in [-0.05, 0) is 12.1 Å². The van der Waals surface area contributed by atoms with Crippen molar-refractivity contribution in [1.29, 1.82) is 0 Å². The topological polar surface area (TPSA) is 90.4 Å². The Hall–Kier alpha value is -1.96. The average Bonchev–Trinajstić information content (AvgIpc) is 2.27. The van der Waals surface area contributed by atoms with Crippen LogP contribution in [0.15, 0.2) is 18.2 Å². The maximum absolute atomic E-state index is 11.7. The Balaban J connectivity index is 2.39. The van der Waals surface area contributed by atoms with E-state index in [1.807, 2.05) is 0 Å². The highest BCUT2D eigenvalue weighted by atomic mass is 19.3. The largest absolute Gasteiger partial charge is 0.393 e. The van der Waals surface area contributed by atoms with Crippen LogP contribution in [-0.4, -0.2) is 31.1 Å². The smallest absolute Gasteiger partial charge is 0.292 e. The molecular weight excluding hydrogens is 248 g/mol. The molecule has 100 valence electrons. The molecule has 8 heteroatoms. The summed E-state index contributed by atoms with van der Waals surface area (Å²) in [6.07, 6.45) is -2.49. The van der Waals surface area contributed by atoms with Crippen molar-refractivity contribution in [2.45, 2.75) is 6.43 Å². The van der Waals surface area contributed by atoms with Crippen LogP contribution in [-0.2, 0) is 4.74 Å². The van der Waals surface area contributed by atoms with Gasteiger partial charge in [-0.3, -0.25) is 10.1 Å². The Labute approximate surface area is 102 Å². The standard InChI is InChI=1S/C10H13F2N3O3/c11-10(12)6-18-4-3-14-7-1-2-9(15(16)17)8(13)5-7/h1-2,5,10,14H,3-4,6,13H2. The van der Waals surface area contributed by atoms with Crippen LogP contribution in [0, 0.1) is 10.1 Å².